The van der Waals surface area contributed by atoms with Gasteiger partial charge < -0.3 is 0 Å². The third-order valence-electron chi connectivity index (χ3n) is 6.34. The normalized spacial score (nSPS) is 15.3. The molecule has 10 heteroatoms. The molecule has 0 saturated carbocycles. The molecule has 5 rings (SSSR count). The number of carbonyl (C=O) groups excluding carboxylic acids is 1. The van der Waals surface area contributed by atoms with Gasteiger partial charge in [0.15, 0.2) is 5.13 Å². The van der Waals surface area contributed by atoms with Gasteiger partial charge in [0, 0.05) is 29.3 Å². The molecule has 1 fully saturated rings. The van der Waals surface area contributed by atoms with Crippen molar-refractivity contribution in [2.24, 2.45) is 5.92 Å². The van der Waals surface area contributed by atoms with E-state index in [2.05, 4.69) is 27.8 Å². The molecule has 0 spiro atoms. The van der Waals surface area contributed by atoms with Crippen LogP contribution in [-0.4, -0.2) is 41.7 Å². The van der Waals surface area contributed by atoms with Gasteiger partial charge in [0.1, 0.15) is 0 Å². The van der Waals surface area contributed by atoms with Crippen molar-refractivity contribution in [1.82, 2.24) is 14.3 Å². The fourth-order valence-electron chi connectivity index (χ4n) is 4.18. The van der Waals surface area contributed by atoms with Crippen LogP contribution in [0.15, 0.2) is 76.2 Å². The van der Waals surface area contributed by atoms with Crippen LogP contribution in [0.3, 0.4) is 0 Å². The lowest BCUT2D eigenvalue weighted by Crippen LogP contribution is -2.37. The number of hydrogen-bond acceptors (Lipinski definition) is 6. The van der Waals surface area contributed by atoms with Crippen LogP contribution in [0.2, 0.25) is 0 Å². The molecule has 2 aromatic carbocycles. The maximum Gasteiger partial charge on any atom is 0.260 e. The largest absolute Gasteiger partial charge is 0.278 e. The molecule has 1 saturated heterocycles. The number of hydrogen-bond donors (Lipinski definition) is 0. The van der Waals surface area contributed by atoms with Gasteiger partial charge in [-0.1, -0.05) is 40.3 Å². The van der Waals surface area contributed by atoms with Crippen LogP contribution in [0.25, 0.3) is 10.2 Å². The van der Waals surface area contributed by atoms with Crippen molar-refractivity contribution >= 4 is 58.5 Å². The quantitative estimate of drug-likeness (QED) is 0.289. The fourth-order valence-corrected chi connectivity index (χ4v) is 7.17. The second kappa shape index (κ2) is 10.4. The average molecular weight is 586 g/mol. The number of nitrogens with zero attached hydrogens (tertiary/aromatic N) is 4. The van der Waals surface area contributed by atoms with Gasteiger partial charge in [0.05, 0.1) is 27.4 Å². The highest BCUT2D eigenvalue weighted by atomic mass is 79.9. The van der Waals surface area contributed by atoms with Crippen molar-refractivity contribution in [3.05, 3.63) is 82.6 Å². The predicted octanol–water partition coefficient (Wildman–Crippen LogP) is 5.72. The zero-order chi connectivity index (χ0) is 25.3. The number of thiazole rings is 1. The molecule has 0 aliphatic carbocycles. The Morgan fingerprint density at radius 3 is 2.56 bits per heavy atom. The summed E-state index contributed by atoms with van der Waals surface area (Å²) in [5, 5.41) is 0.554. The van der Waals surface area contributed by atoms with Gasteiger partial charge in [0.25, 0.3) is 5.91 Å². The molecular weight excluding hydrogens is 560 g/mol. The van der Waals surface area contributed by atoms with Crippen molar-refractivity contribution in [1.29, 1.82) is 0 Å². The summed E-state index contributed by atoms with van der Waals surface area (Å²) in [6.45, 7) is 3.43. The predicted molar refractivity (Wildman–Crippen MR) is 146 cm³/mol. The SMILES string of the molecule is CC1CCN(S(=O)(=O)c2ccc(C(=O)N(Cc3ccccn3)c3nc4ccc(Br)cc4s3)cc2)CC1. The minimum atomic E-state index is -3.59. The number of anilines is 1. The molecule has 1 aliphatic rings. The number of aromatic nitrogens is 2. The van der Waals surface area contributed by atoms with E-state index in [-0.39, 0.29) is 17.3 Å². The van der Waals surface area contributed by atoms with Crippen LogP contribution in [0.4, 0.5) is 5.13 Å². The zero-order valence-electron chi connectivity index (χ0n) is 19.7. The highest BCUT2D eigenvalue weighted by molar-refractivity contribution is 9.10. The summed E-state index contributed by atoms with van der Waals surface area (Å²) in [4.78, 5) is 24.6. The second-order valence-electron chi connectivity index (χ2n) is 8.93. The summed E-state index contributed by atoms with van der Waals surface area (Å²) < 4.78 is 29.6. The van der Waals surface area contributed by atoms with Gasteiger partial charge in [-0.25, -0.2) is 13.4 Å². The van der Waals surface area contributed by atoms with Crippen molar-refractivity contribution < 1.29 is 13.2 Å². The van der Waals surface area contributed by atoms with Gasteiger partial charge in [-0.05, 0) is 73.4 Å². The van der Waals surface area contributed by atoms with E-state index in [1.807, 2.05) is 36.4 Å². The molecule has 0 atom stereocenters. The molecule has 7 nitrogen and oxygen atoms in total. The van der Waals surface area contributed by atoms with E-state index < -0.39 is 10.0 Å². The minimum Gasteiger partial charge on any atom is -0.278 e. The maximum absolute atomic E-state index is 13.7. The Morgan fingerprint density at radius 1 is 1.11 bits per heavy atom. The lowest BCUT2D eigenvalue weighted by Gasteiger charge is -2.29. The van der Waals surface area contributed by atoms with Crippen molar-refractivity contribution in [2.75, 3.05) is 18.0 Å². The van der Waals surface area contributed by atoms with Crippen LogP contribution < -0.4 is 4.90 Å². The van der Waals surface area contributed by atoms with E-state index in [1.54, 1.807) is 23.2 Å². The highest BCUT2D eigenvalue weighted by Gasteiger charge is 2.29. The first-order valence-corrected chi connectivity index (χ1v) is 14.7. The number of piperidine rings is 1. The van der Waals surface area contributed by atoms with E-state index in [9.17, 15) is 13.2 Å². The Bertz CT molecular complexity index is 1480. The highest BCUT2D eigenvalue weighted by Crippen LogP contribution is 2.32. The molecular formula is C26H25BrN4O3S2. The molecule has 2 aromatic heterocycles. The van der Waals surface area contributed by atoms with Crippen LogP contribution >= 0.6 is 27.3 Å². The molecule has 0 radical (unpaired) electrons. The first kappa shape index (κ1) is 25.0. The van der Waals surface area contributed by atoms with Gasteiger partial charge in [0.2, 0.25) is 10.0 Å². The number of sulfonamides is 1. The number of pyridine rings is 1. The van der Waals surface area contributed by atoms with Crippen molar-refractivity contribution in [2.45, 2.75) is 31.2 Å². The van der Waals surface area contributed by atoms with Crippen molar-refractivity contribution in [3.8, 4) is 0 Å². The minimum absolute atomic E-state index is 0.203. The van der Waals surface area contributed by atoms with Crippen LogP contribution in [0.5, 0.6) is 0 Å². The molecule has 4 aromatic rings. The summed E-state index contributed by atoms with van der Waals surface area (Å²) in [6.07, 6.45) is 3.41. The monoisotopic (exact) mass is 584 g/mol. The van der Waals surface area contributed by atoms with Crippen molar-refractivity contribution in [3.63, 3.8) is 0 Å². The van der Waals surface area contributed by atoms with Crippen LogP contribution in [-0.2, 0) is 16.6 Å². The molecule has 0 N–H and O–H groups in total. The first-order valence-electron chi connectivity index (χ1n) is 11.7. The van der Waals surface area contributed by atoms with E-state index in [0.29, 0.717) is 29.7 Å². The number of rotatable bonds is 6. The zero-order valence-corrected chi connectivity index (χ0v) is 22.9. The second-order valence-corrected chi connectivity index (χ2v) is 12.8. The fraction of sp³-hybridized carbons (Fsp3) is 0.269. The molecule has 0 bridgehead atoms. The lowest BCUT2D eigenvalue weighted by atomic mass is 10.0. The maximum atomic E-state index is 13.7. The Morgan fingerprint density at radius 2 is 1.86 bits per heavy atom. The Hall–Kier alpha value is -2.66. The summed E-state index contributed by atoms with van der Waals surface area (Å²) in [7, 11) is -3.59. The Balaban J connectivity index is 1.45. The number of halogens is 1. The van der Waals surface area contributed by atoms with Gasteiger partial charge in [-0.15, -0.1) is 0 Å². The Labute approximate surface area is 223 Å². The molecule has 1 amide bonds. The Kier molecular flexibility index (Phi) is 7.21. The molecule has 36 heavy (non-hydrogen) atoms. The van der Waals surface area contributed by atoms with E-state index >= 15 is 0 Å². The topological polar surface area (TPSA) is 83.5 Å². The molecule has 3 heterocycles. The summed E-state index contributed by atoms with van der Waals surface area (Å²) >= 11 is 4.91. The first-order chi connectivity index (χ1) is 17.3. The van der Waals surface area contributed by atoms with Crippen LogP contribution in [0.1, 0.15) is 35.8 Å². The average Bonchev–Trinajstić information content (AvgIpc) is 3.31. The number of benzene rings is 2. The number of carbonyl (C=O) groups is 1. The van der Waals surface area contributed by atoms with Gasteiger partial charge >= 0.3 is 0 Å². The molecule has 0 unspecified atom stereocenters. The lowest BCUT2D eigenvalue weighted by molar-refractivity contribution is 0.0984. The molecule has 186 valence electrons. The number of fused-ring (bicyclic) bond motifs is 1. The van der Waals surface area contributed by atoms with Crippen LogP contribution in [0, 0.1) is 5.92 Å². The number of amides is 1. The summed E-state index contributed by atoms with van der Waals surface area (Å²) in [5.74, 6) is 0.264. The summed E-state index contributed by atoms with van der Waals surface area (Å²) in [6, 6.07) is 17.6. The third-order valence-corrected chi connectivity index (χ3v) is 9.79. The molecule has 1 aliphatic heterocycles. The van der Waals surface area contributed by atoms with E-state index in [1.165, 1.54) is 27.8 Å². The summed E-state index contributed by atoms with van der Waals surface area (Å²) in [5.41, 5.74) is 1.91. The smallest absolute Gasteiger partial charge is 0.260 e. The van der Waals surface area contributed by atoms with E-state index in [4.69, 9.17) is 4.98 Å². The standard InChI is InChI=1S/C26H25BrN4O3S2/c1-18-11-14-30(15-12-18)36(33,34)22-8-5-19(6-9-22)25(32)31(17-21-4-2-3-13-28-21)26-29-23-10-7-20(27)16-24(23)35-26/h2-10,13,16,18H,11-12,14-15,17H2,1H3. The third kappa shape index (κ3) is 5.22. The van der Waals surface area contributed by atoms with E-state index in [0.717, 1.165) is 33.2 Å². The van der Waals surface area contributed by atoms with Gasteiger partial charge in [-0.2, -0.15) is 4.31 Å². The van der Waals surface area contributed by atoms with Gasteiger partial charge in [-0.3, -0.25) is 14.7 Å².